The zero-order valence-electron chi connectivity index (χ0n) is 28.4. The minimum atomic E-state index is -1.29. The Hall–Kier alpha value is -2.20. The van der Waals surface area contributed by atoms with Crippen molar-refractivity contribution in [3.05, 3.63) is 30.3 Å². The van der Waals surface area contributed by atoms with Gasteiger partial charge in [-0.15, -0.1) is 0 Å². The molecule has 9 nitrogen and oxygen atoms in total. The molecular formula is C36H63N3O6. The predicted molar refractivity (Wildman–Crippen MR) is 181 cm³/mol. The van der Waals surface area contributed by atoms with Crippen molar-refractivity contribution in [2.75, 3.05) is 32.1 Å². The number of anilines is 1. The van der Waals surface area contributed by atoms with Crippen LogP contribution in [0, 0.1) is 0 Å². The number of nitrogens with one attached hydrogen (secondary N) is 2. The second-order valence-corrected chi connectivity index (χ2v) is 12.7. The van der Waals surface area contributed by atoms with E-state index in [0.29, 0.717) is 25.9 Å². The van der Waals surface area contributed by atoms with Crippen LogP contribution in [0.1, 0.15) is 123 Å². The fraction of sp³-hybridized carbons (Fsp3) is 0.778. The number of aliphatic hydroxyl groups excluding tert-OH is 2. The van der Waals surface area contributed by atoms with Gasteiger partial charge in [-0.1, -0.05) is 115 Å². The van der Waals surface area contributed by atoms with Crippen LogP contribution in [0.25, 0.3) is 0 Å². The molecule has 1 heterocycles. The number of para-hydroxylation sites is 1. The Morgan fingerprint density at radius 1 is 0.822 bits per heavy atom. The maximum atomic E-state index is 13.4. The lowest BCUT2D eigenvalue weighted by atomic mass is 9.96. The van der Waals surface area contributed by atoms with E-state index in [4.69, 9.17) is 9.47 Å². The highest BCUT2D eigenvalue weighted by molar-refractivity contribution is 5.76. The van der Waals surface area contributed by atoms with E-state index in [1.54, 1.807) is 4.90 Å². The van der Waals surface area contributed by atoms with Gasteiger partial charge in [0.1, 0.15) is 24.4 Å². The Bertz CT molecular complexity index is 902. The van der Waals surface area contributed by atoms with Crippen LogP contribution in [-0.2, 0) is 19.1 Å². The van der Waals surface area contributed by atoms with Gasteiger partial charge in [0.15, 0.2) is 6.29 Å². The van der Waals surface area contributed by atoms with Crippen molar-refractivity contribution in [3.63, 3.8) is 0 Å². The molecule has 0 saturated carbocycles. The zero-order valence-corrected chi connectivity index (χ0v) is 28.4. The van der Waals surface area contributed by atoms with Crippen molar-refractivity contribution in [1.82, 2.24) is 10.2 Å². The van der Waals surface area contributed by atoms with Gasteiger partial charge in [-0.25, -0.2) is 0 Å². The molecular weight excluding hydrogens is 570 g/mol. The van der Waals surface area contributed by atoms with Crippen molar-refractivity contribution >= 4 is 17.5 Å². The second kappa shape index (κ2) is 24.0. The third kappa shape index (κ3) is 16.3. The Labute approximate surface area is 272 Å². The van der Waals surface area contributed by atoms with Crippen molar-refractivity contribution in [1.29, 1.82) is 0 Å². The van der Waals surface area contributed by atoms with Crippen molar-refractivity contribution in [2.45, 2.75) is 154 Å². The van der Waals surface area contributed by atoms with Crippen molar-refractivity contribution in [2.24, 2.45) is 0 Å². The van der Waals surface area contributed by atoms with Crippen LogP contribution in [-0.4, -0.2) is 84.3 Å². The topological polar surface area (TPSA) is 120 Å². The van der Waals surface area contributed by atoms with Gasteiger partial charge in [0, 0.05) is 45.8 Å². The van der Waals surface area contributed by atoms with Gasteiger partial charge in [0.05, 0.1) is 0 Å². The smallest absolute Gasteiger partial charge is 0.222 e. The number of rotatable bonds is 25. The number of ether oxygens (including phenoxy) is 2. The molecule has 0 aliphatic carbocycles. The highest BCUT2D eigenvalue weighted by atomic mass is 16.7. The van der Waals surface area contributed by atoms with E-state index >= 15 is 0 Å². The first-order valence-electron chi connectivity index (χ1n) is 17.8. The van der Waals surface area contributed by atoms with E-state index in [1.165, 1.54) is 91.1 Å². The maximum absolute atomic E-state index is 13.4. The number of amides is 2. The molecule has 1 aromatic rings. The molecule has 0 bridgehead atoms. The molecule has 1 aliphatic rings. The first-order chi connectivity index (χ1) is 21.9. The number of benzene rings is 1. The van der Waals surface area contributed by atoms with Crippen molar-refractivity contribution < 1.29 is 29.3 Å². The van der Waals surface area contributed by atoms with Crippen LogP contribution in [0.4, 0.5) is 5.69 Å². The third-order valence-electron chi connectivity index (χ3n) is 8.76. The van der Waals surface area contributed by atoms with E-state index in [9.17, 15) is 19.8 Å². The molecule has 0 aromatic heterocycles. The van der Waals surface area contributed by atoms with Crippen LogP contribution >= 0.6 is 0 Å². The summed E-state index contributed by atoms with van der Waals surface area (Å²) in [4.78, 5) is 26.8. The van der Waals surface area contributed by atoms with Gasteiger partial charge >= 0.3 is 0 Å². The van der Waals surface area contributed by atoms with Gasteiger partial charge in [-0.3, -0.25) is 9.59 Å². The van der Waals surface area contributed by atoms with Gasteiger partial charge < -0.3 is 35.2 Å². The molecule has 0 spiro atoms. The van der Waals surface area contributed by atoms with Gasteiger partial charge in [0.2, 0.25) is 11.8 Å². The van der Waals surface area contributed by atoms with E-state index in [-0.39, 0.29) is 18.4 Å². The molecule has 5 atom stereocenters. The summed E-state index contributed by atoms with van der Waals surface area (Å²) in [6.07, 6.45) is 15.9. The fourth-order valence-corrected chi connectivity index (χ4v) is 6.07. The minimum Gasteiger partial charge on any atom is -0.388 e. The summed E-state index contributed by atoms with van der Waals surface area (Å²) in [6.45, 7) is 4.91. The highest BCUT2D eigenvalue weighted by Gasteiger charge is 2.45. The quantitative estimate of drug-likeness (QED) is 0.0950. The lowest BCUT2D eigenvalue weighted by Gasteiger charge is -2.43. The normalized spacial score (nSPS) is 21.4. The molecule has 1 aliphatic heterocycles. The highest BCUT2D eigenvalue weighted by Crippen LogP contribution is 2.23. The number of nitrogens with zero attached hydrogens (tertiary/aromatic N) is 1. The van der Waals surface area contributed by atoms with E-state index < -0.39 is 30.6 Å². The Balaban J connectivity index is 1.75. The molecule has 45 heavy (non-hydrogen) atoms. The van der Waals surface area contributed by atoms with Crippen LogP contribution in [0.3, 0.4) is 0 Å². The van der Waals surface area contributed by atoms with Gasteiger partial charge in [-0.05, 0) is 25.0 Å². The minimum absolute atomic E-state index is 0.0210. The molecule has 1 aromatic carbocycles. The molecule has 1 fully saturated rings. The SMILES string of the molecule is CCCCCCCCCCCCCCCCCC(=O)N(CCCNc1ccccc1)C[C@H]1O[C@H](OC)[C@H](NC(C)=O)[C@@H](O)[C@@H]1O. The third-order valence-corrected chi connectivity index (χ3v) is 8.76. The lowest BCUT2D eigenvalue weighted by molar-refractivity contribution is -0.258. The molecule has 1 saturated heterocycles. The molecule has 258 valence electrons. The average molecular weight is 634 g/mol. The van der Waals surface area contributed by atoms with Crippen molar-refractivity contribution in [3.8, 4) is 0 Å². The average Bonchev–Trinajstić information content (AvgIpc) is 3.04. The number of methoxy groups -OCH3 is 1. The van der Waals surface area contributed by atoms with E-state index in [0.717, 1.165) is 24.9 Å². The molecule has 2 amide bonds. The Morgan fingerprint density at radius 2 is 1.38 bits per heavy atom. The summed E-state index contributed by atoms with van der Waals surface area (Å²) in [5.41, 5.74) is 1.02. The van der Waals surface area contributed by atoms with E-state index in [1.807, 2.05) is 30.3 Å². The van der Waals surface area contributed by atoms with Crippen LogP contribution in [0.15, 0.2) is 30.3 Å². The summed E-state index contributed by atoms with van der Waals surface area (Å²) in [6, 6.07) is 9.02. The van der Waals surface area contributed by atoms with Crippen LogP contribution in [0.2, 0.25) is 0 Å². The summed E-state index contributed by atoms with van der Waals surface area (Å²) >= 11 is 0. The standard InChI is InChI=1S/C36H63N3O6/c1-4-5-6-7-8-9-10-11-12-13-14-15-16-17-21-25-32(41)39(27-22-26-37-30-23-19-18-20-24-30)28-31-34(42)35(43)33(38-29(2)40)36(44-3)45-31/h18-20,23-24,31,33-37,42-43H,4-17,21-22,25-28H2,1-3H3,(H,38,40)/t31-,33-,34-,35-,36+/m1/s1. The molecule has 4 N–H and O–H groups in total. The van der Waals surface area contributed by atoms with Gasteiger partial charge in [0.25, 0.3) is 0 Å². The summed E-state index contributed by atoms with van der Waals surface area (Å²) in [7, 11) is 1.43. The number of hydrogen-bond donors (Lipinski definition) is 4. The number of hydrogen-bond acceptors (Lipinski definition) is 7. The first kappa shape index (κ1) is 39.0. The zero-order chi connectivity index (χ0) is 32.7. The number of carbonyl (C=O) groups excluding carboxylic acids is 2. The number of unbranched alkanes of at least 4 members (excludes halogenated alkanes) is 14. The van der Waals surface area contributed by atoms with Crippen LogP contribution < -0.4 is 10.6 Å². The summed E-state index contributed by atoms with van der Waals surface area (Å²) < 4.78 is 11.3. The fourth-order valence-electron chi connectivity index (χ4n) is 6.07. The van der Waals surface area contributed by atoms with Gasteiger partial charge in [-0.2, -0.15) is 0 Å². The Morgan fingerprint density at radius 3 is 1.91 bits per heavy atom. The molecule has 2 rings (SSSR count). The monoisotopic (exact) mass is 633 g/mol. The predicted octanol–water partition coefficient (Wildman–Crippen LogP) is 6.18. The Kier molecular flexibility index (Phi) is 20.8. The first-order valence-corrected chi connectivity index (χ1v) is 17.8. The molecule has 0 radical (unpaired) electrons. The second-order valence-electron chi connectivity index (χ2n) is 12.7. The molecule has 0 unspecified atom stereocenters. The summed E-state index contributed by atoms with van der Waals surface area (Å²) in [5, 5.41) is 27.6. The van der Waals surface area contributed by atoms with Crippen LogP contribution in [0.5, 0.6) is 0 Å². The number of carbonyl (C=O) groups is 2. The van der Waals surface area contributed by atoms with E-state index in [2.05, 4.69) is 17.6 Å². The summed E-state index contributed by atoms with van der Waals surface area (Å²) in [5.74, 6) is -0.339. The molecule has 9 heteroatoms. The lowest BCUT2D eigenvalue weighted by Crippen LogP contribution is -2.65. The maximum Gasteiger partial charge on any atom is 0.222 e. The number of aliphatic hydroxyl groups is 2. The largest absolute Gasteiger partial charge is 0.388 e.